The van der Waals surface area contributed by atoms with E-state index in [2.05, 4.69) is 288 Å². The molecule has 6 nitrogen and oxygen atoms in total. The standard InChI is InChI=1S/C23H43N2Si.C23H30N2Si.C19H20ClNSi.C17H15N.3CH3.Li.Ti/c2*1-15-12-13-19-18(14-15)20-21(25(19)5)16-10-8-9-11-17(16)22(20)26(6,7)24-23(2,3)4;1-12-9-10-16-15(11-12)17-18(21(16)2)13-7-5-6-8-14(13)19(17)22(3,4)20;1-11-7-8-16-14(9-11)15-10-12-5-3-4-6-13(12)17(15)18(16)2;;;;;/h15-22H,8-14H2,1-7H3;8-14,22,24H,1-7H3;5-11,19H,1-4H3;3-9H,10H2,1-2H3;3*1H3;;/q-1;;;;3*-1;+1;+4. The van der Waals surface area contributed by atoms with E-state index < -0.39 is 23.9 Å². The van der Waals surface area contributed by atoms with Crippen LogP contribution in [0.4, 0.5) is 0 Å². The van der Waals surface area contributed by atoms with Gasteiger partial charge in [-0.25, -0.2) is 0 Å². The predicted octanol–water partition coefficient (Wildman–Crippen LogP) is 20.0. The summed E-state index contributed by atoms with van der Waals surface area (Å²) in [5, 5.41) is 4.23. The van der Waals surface area contributed by atoms with E-state index in [0.717, 1.165) is 53.6 Å². The van der Waals surface area contributed by atoms with Crippen LogP contribution in [0.5, 0.6) is 0 Å². The van der Waals surface area contributed by atoms with Crippen molar-refractivity contribution >= 4 is 67.6 Å². The van der Waals surface area contributed by atoms with Gasteiger partial charge >= 0.3 is 40.6 Å². The van der Waals surface area contributed by atoms with Gasteiger partial charge in [0.2, 0.25) is 0 Å². The molecule has 10 atom stereocenters. The quantitative estimate of drug-likeness (QED) is 0.106. The van der Waals surface area contributed by atoms with Gasteiger partial charge in [0.15, 0.2) is 7.38 Å². The van der Waals surface area contributed by atoms with Crippen molar-refractivity contribution in [1.82, 2.24) is 23.6 Å². The fourth-order valence-electron chi connectivity index (χ4n) is 20.8. The van der Waals surface area contributed by atoms with Gasteiger partial charge < -0.3 is 45.9 Å². The zero-order chi connectivity index (χ0) is 65.6. The maximum Gasteiger partial charge on any atom is 4.00 e. The number of aryl methyl sites for hydroxylation is 6. The van der Waals surface area contributed by atoms with Crippen LogP contribution in [0.2, 0.25) is 44.8 Å². The van der Waals surface area contributed by atoms with E-state index in [1.165, 1.54) is 156 Å². The van der Waals surface area contributed by atoms with Gasteiger partial charge in [-0.1, -0.05) is 208 Å². The molecule has 97 heavy (non-hydrogen) atoms. The third kappa shape index (κ3) is 14.1. The number of benzene rings is 6. The molecule has 16 rings (SSSR count). The zero-order valence-electron chi connectivity index (χ0n) is 64.2. The topological polar surface area (TPSA) is 44.2 Å². The minimum Gasteiger partial charge on any atom is -0.660 e. The summed E-state index contributed by atoms with van der Waals surface area (Å²) in [5.41, 5.74) is 27.3. The first-order chi connectivity index (χ1) is 43.3. The molecular weight excluding hydrogens is 1280 g/mol. The smallest absolute Gasteiger partial charge is 0.660 e. The number of hydrogen-bond donors (Lipinski definition) is 1. The Morgan fingerprint density at radius 3 is 1.51 bits per heavy atom. The van der Waals surface area contributed by atoms with Crippen molar-refractivity contribution in [2.24, 2.45) is 50.7 Å². The summed E-state index contributed by atoms with van der Waals surface area (Å²) in [4.78, 5) is 12.5. The van der Waals surface area contributed by atoms with Gasteiger partial charge in [-0.15, -0.1) is 5.54 Å². The Labute approximate surface area is 622 Å². The Morgan fingerprint density at radius 1 is 0.536 bits per heavy atom. The Bertz CT molecular complexity index is 4310. The van der Waals surface area contributed by atoms with Crippen molar-refractivity contribution in [2.45, 2.75) is 200 Å². The van der Waals surface area contributed by atoms with Crippen LogP contribution in [0.1, 0.15) is 155 Å². The van der Waals surface area contributed by atoms with Crippen molar-refractivity contribution < 1.29 is 40.6 Å². The van der Waals surface area contributed by atoms with Crippen LogP contribution in [-0.2, 0) is 49.3 Å². The molecule has 0 bridgehead atoms. The fourth-order valence-corrected chi connectivity index (χ4v) is 32.3. The van der Waals surface area contributed by atoms with Crippen LogP contribution in [0.3, 0.4) is 0 Å². The van der Waals surface area contributed by atoms with Crippen molar-refractivity contribution in [2.75, 3.05) is 7.05 Å². The van der Waals surface area contributed by atoms with Crippen molar-refractivity contribution in [1.29, 1.82) is 0 Å². The molecule has 1 aliphatic heterocycles. The zero-order valence-corrected chi connectivity index (χ0v) is 69.5. The Hall–Kier alpha value is -3.93. The van der Waals surface area contributed by atoms with Crippen LogP contribution in [0.25, 0.3) is 71.5 Å². The molecule has 1 saturated heterocycles. The molecule has 1 N–H and O–H groups in total. The second kappa shape index (κ2) is 29.1. The minimum absolute atomic E-state index is 0. The summed E-state index contributed by atoms with van der Waals surface area (Å²) in [5.74, 6) is 4.81. The van der Waals surface area contributed by atoms with Gasteiger partial charge in [0.05, 0.1) is 17.1 Å². The molecular formula is C85H117ClLiN6Si3Ti+. The number of likely N-dealkylation sites (tertiary alicyclic amines) is 1. The Kier molecular flexibility index (Phi) is 23.6. The molecule has 3 aromatic heterocycles. The maximum atomic E-state index is 6.97. The molecule has 4 fully saturated rings. The summed E-state index contributed by atoms with van der Waals surface area (Å²) in [6.07, 6.45) is 11.4. The van der Waals surface area contributed by atoms with Crippen molar-refractivity contribution in [3.8, 4) is 33.8 Å². The summed E-state index contributed by atoms with van der Waals surface area (Å²) in [6.45, 7) is 37.7. The molecule has 12 heteroatoms. The molecule has 4 heterocycles. The molecule has 9 aromatic rings. The molecule has 6 aliphatic carbocycles. The largest absolute Gasteiger partial charge is 4.00 e. The maximum absolute atomic E-state index is 6.97. The average Bonchev–Trinajstić information content (AvgIpc) is 1.57. The Morgan fingerprint density at radius 2 is 0.990 bits per heavy atom. The minimum atomic E-state index is -1.89. The van der Waals surface area contributed by atoms with Gasteiger partial charge in [-0.2, -0.15) is 11.1 Å². The number of aromatic nitrogens is 3. The number of fused-ring (bicyclic) bond motifs is 20. The second-order valence-electron chi connectivity index (χ2n) is 33.6. The third-order valence-corrected chi connectivity index (χ3v) is 33.0. The molecule has 6 aromatic carbocycles. The van der Waals surface area contributed by atoms with Crippen molar-refractivity contribution in [3.05, 3.63) is 205 Å². The first-order valence-corrected chi connectivity index (χ1v) is 45.5. The number of nitrogens with zero attached hydrogens (tertiary/aromatic N) is 5. The van der Waals surface area contributed by atoms with E-state index in [-0.39, 0.29) is 73.9 Å². The van der Waals surface area contributed by atoms with Crippen LogP contribution >= 0.6 is 11.1 Å². The van der Waals surface area contributed by atoms with E-state index >= 15 is 0 Å². The van der Waals surface area contributed by atoms with Gasteiger partial charge in [-0.05, 0) is 174 Å². The van der Waals surface area contributed by atoms with Gasteiger partial charge in [0.1, 0.15) is 8.24 Å². The van der Waals surface area contributed by atoms with E-state index in [1.54, 1.807) is 5.56 Å². The van der Waals surface area contributed by atoms with E-state index in [1.807, 2.05) is 0 Å². The molecule has 7 aliphatic rings. The number of halogens is 1. The van der Waals surface area contributed by atoms with Crippen LogP contribution in [0, 0.1) is 72.6 Å². The molecule has 0 radical (unpaired) electrons. The predicted molar refractivity (Wildman–Crippen MR) is 424 cm³/mol. The SMILES string of the molecule is CC1CCC2C(C1)C1C(C3CCCCC3C1[Si](C)(C)[N-]C(C)(C)C)N2C.Cc1ccc2c(c1)c1c(n2C)-c2ccccc2C1.Cc1ccc2c(c1)c1c(n2C)-c2ccccc2C1[Si](C)(C)Cl.Cc1ccc2c(c1)c1c(n2C)-c2ccccc2C1[Si](C)(C)NC(C)(C)C.[CH3-].[CH3-].[CH3-].[Li+].[Ti+4]. The first kappa shape index (κ1) is 78.8. The number of rotatable bonds is 5. The van der Waals surface area contributed by atoms with E-state index in [9.17, 15) is 0 Å². The summed E-state index contributed by atoms with van der Waals surface area (Å²) >= 11 is 6.97. The van der Waals surface area contributed by atoms with Gasteiger partial charge in [0, 0.05) is 106 Å². The molecule has 10 unspecified atom stereocenters. The summed E-state index contributed by atoms with van der Waals surface area (Å²) in [6, 6.07) is 48.8. The normalized spacial score (nSPS) is 23.2. The van der Waals surface area contributed by atoms with Crippen LogP contribution in [0.15, 0.2) is 127 Å². The molecule has 0 spiro atoms. The van der Waals surface area contributed by atoms with E-state index in [4.69, 9.17) is 16.1 Å². The monoisotopic (exact) mass is 1400 g/mol. The molecule has 510 valence electrons. The first-order valence-electron chi connectivity index (χ1n) is 35.3. The average molecular weight is 1400 g/mol. The second-order valence-corrected chi connectivity index (χ2v) is 48.7. The van der Waals surface area contributed by atoms with Crippen LogP contribution in [-0.4, -0.2) is 72.7 Å². The fraction of sp³-hybridized carbons (Fsp3) is 0.471. The van der Waals surface area contributed by atoms with Crippen LogP contribution < -0.4 is 23.8 Å². The van der Waals surface area contributed by atoms with Gasteiger partial charge in [0.25, 0.3) is 0 Å². The van der Waals surface area contributed by atoms with Gasteiger partial charge in [-0.3, -0.25) is 4.90 Å². The number of nitrogens with one attached hydrogen (secondary N) is 1. The Balaban J connectivity index is 0.000000164. The van der Waals surface area contributed by atoms with E-state index in [0.29, 0.717) is 11.1 Å². The number of hydrogen-bond acceptors (Lipinski definition) is 2. The third-order valence-electron chi connectivity index (χ3n) is 23.3. The van der Waals surface area contributed by atoms with Crippen molar-refractivity contribution in [3.63, 3.8) is 0 Å². The molecule has 0 amide bonds. The summed E-state index contributed by atoms with van der Waals surface area (Å²) < 4.78 is 7.10. The summed E-state index contributed by atoms with van der Waals surface area (Å²) in [7, 11) is 3.77. The molecule has 3 saturated carbocycles.